The van der Waals surface area contributed by atoms with Crippen LogP contribution < -0.4 is 5.32 Å². The van der Waals surface area contributed by atoms with Crippen LogP contribution in [0.25, 0.3) is 6.08 Å². The number of anilines is 1. The van der Waals surface area contributed by atoms with Crippen molar-refractivity contribution >= 4 is 56.1 Å². The van der Waals surface area contributed by atoms with Crippen LogP contribution in [0.4, 0.5) is 5.00 Å². The molecule has 1 aromatic heterocycles. The molecule has 28 heavy (non-hydrogen) atoms. The summed E-state index contributed by atoms with van der Waals surface area (Å²) in [5.41, 5.74) is 1.56. The molecule has 0 spiro atoms. The highest BCUT2D eigenvalue weighted by Gasteiger charge is 2.26. The van der Waals surface area contributed by atoms with Crippen molar-refractivity contribution in [1.29, 1.82) is 0 Å². The third-order valence-electron chi connectivity index (χ3n) is 3.76. The molecule has 0 fully saturated rings. The number of nitrogens with zero attached hydrogens (tertiary/aromatic N) is 1. The average molecular weight is 465 g/mol. The number of ether oxygens (including phenoxy) is 1. The fourth-order valence-corrected chi connectivity index (χ4v) is 3.84. The van der Waals surface area contributed by atoms with Crippen LogP contribution in [0.5, 0.6) is 0 Å². The lowest BCUT2D eigenvalue weighted by Gasteiger charge is -2.09. The molecule has 0 aliphatic rings. The zero-order chi connectivity index (χ0) is 20.8. The van der Waals surface area contributed by atoms with E-state index >= 15 is 0 Å². The molecule has 0 saturated heterocycles. The van der Waals surface area contributed by atoms with E-state index in [1.807, 2.05) is 24.3 Å². The molecule has 1 N–H and O–H groups in total. The normalized spacial score (nSPS) is 10.8. The molecule has 2 rings (SSSR count). The fraction of sp³-hybridized carbons (Fsp3) is 0.250. The van der Waals surface area contributed by atoms with E-state index in [0.29, 0.717) is 15.4 Å². The first-order valence-corrected chi connectivity index (χ1v) is 10.1. The highest BCUT2D eigenvalue weighted by Crippen LogP contribution is 2.34. The van der Waals surface area contributed by atoms with E-state index in [1.165, 1.54) is 11.0 Å². The van der Waals surface area contributed by atoms with E-state index < -0.39 is 11.9 Å². The number of halogens is 1. The van der Waals surface area contributed by atoms with Gasteiger partial charge in [-0.2, -0.15) is 0 Å². The van der Waals surface area contributed by atoms with Gasteiger partial charge in [-0.15, -0.1) is 11.3 Å². The van der Waals surface area contributed by atoms with Crippen LogP contribution in [-0.4, -0.2) is 43.4 Å². The molecule has 0 radical (unpaired) electrons. The summed E-state index contributed by atoms with van der Waals surface area (Å²) in [6.45, 7) is 3.57. The molecule has 0 unspecified atom stereocenters. The fourth-order valence-electron chi connectivity index (χ4n) is 2.36. The second-order valence-corrected chi connectivity index (χ2v) is 7.99. The van der Waals surface area contributed by atoms with Gasteiger partial charge < -0.3 is 15.0 Å². The molecule has 8 heteroatoms. The van der Waals surface area contributed by atoms with E-state index in [4.69, 9.17) is 4.74 Å². The predicted octanol–water partition coefficient (Wildman–Crippen LogP) is 4.35. The first-order chi connectivity index (χ1) is 13.2. The number of hydrogen-bond donors (Lipinski definition) is 1. The molecular weight excluding hydrogens is 444 g/mol. The second kappa shape index (κ2) is 9.66. The molecule has 0 atom stereocenters. The Morgan fingerprint density at radius 3 is 2.43 bits per heavy atom. The summed E-state index contributed by atoms with van der Waals surface area (Å²) in [6, 6.07) is 7.47. The Hall–Kier alpha value is -2.45. The van der Waals surface area contributed by atoms with Crippen molar-refractivity contribution in [2.75, 3.05) is 26.0 Å². The largest absolute Gasteiger partial charge is 0.462 e. The summed E-state index contributed by atoms with van der Waals surface area (Å²) in [5.74, 6) is -1.21. The number of carbonyl (C=O) groups excluding carboxylic acids is 3. The number of hydrogen-bond acceptors (Lipinski definition) is 5. The van der Waals surface area contributed by atoms with Gasteiger partial charge in [-0.3, -0.25) is 9.59 Å². The lowest BCUT2D eigenvalue weighted by Crippen LogP contribution is -2.21. The number of carbonyl (C=O) groups is 3. The van der Waals surface area contributed by atoms with Crippen LogP contribution in [0, 0.1) is 6.92 Å². The lowest BCUT2D eigenvalue weighted by molar-refractivity contribution is -0.111. The van der Waals surface area contributed by atoms with Crippen LogP contribution in [0.2, 0.25) is 0 Å². The van der Waals surface area contributed by atoms with Crippen molar-refractivity contribution in [3.05, 3.63) is 56.4 Å². The SMILES string of the molecule is CCOC(=O)c1c(NC(=O)/C=C/c2ccc(Br)cc2)sc(C(=O)N(C)C)c1C. The standard InChI is InChI=1S/C20H21BrN2O4S/c1-5-27-20(26)16-12(2)17(19(25)23(3)4)28-18(16)22-15(24)11-8-13-6-9-14(21)10-7-13/h6-11H,5H2,1-4H3,(H,22,24)/b11-8+. The molecular formula is C20H21BrN2O4S. The van der Waals surface area contributed by atoms with E-state index in [2.05, 4.69) is 21.2 Å². The monoisotopic (exact) mass is 464 g/mol. The summed E-state index contributed by atoms with van der Waals surface area (Å²) in [4.78, 5) is 38.9. The Morgan fingerprint density at radius 2 is 1.86 bits per heavy atom. The van der Waals surface area contributed by atoms with Gasteiger partial charge in [-0.25, -0.2) is 4.79 Å². The van der Waals surface area contributed by atoms with E-state index in [0.717, 1.165) is 21.4 Å². The Bertz CT molecular complexity index is 917. The topological polar surface area (TPSA) is 75.7 Å². The minimum atomic E-state index is -0.568. The highest BCUT2D eigenvalue weighted by molar-refractivity contribution is 9.10. The van der Waals surface area contributed by atoms with Gasteiger partial charge in [0.2, 0.25) is 5.91 Å². The predicted molar refractivity (Wildman–Crippen MR) is 115 cm³/mol. The van der Waals surface area contributed by atoms with E-state index in [-0.39, 0.29) is 18.1 Å². The minimum absolute atomic E-state index is 0.196. The zero-order valence-electron chi connectivity index (χ0n) is 16.0. The number of benzene rings is 1. The van der Waals surface area contributed by atoms with Gasteiger partial charge in [0.05, 0.1) is 17.0 Å². The number of rotatable bonds is 6. The number of nitrogens with one attached hydrogen (secondary N) is 1. The van der Waals surface area contributed by atoms with Crippen molar-refractivity contribution in [2.45, 2.75) is 13.8 Å². The Labute approximate surface area is 176 Å². The molecule has 2 aromatic rings. The molecule has 0 saturated carbocycles. The van der Waals surface area contributed by atoms with Crippen molar-refractivity contribution < 1.29 is 19.1 Å². The molecule has 1 heterocycles. The molecule has 0 bridgehead atoms. The number of esters is 1. The number of thiophene rings is 1. The number of amides is 2. The van der Waals surface area contributed by atoms with Gasteiger partial charge >= 0.3 is 5.97 Å². The first kappa shape index (κ1) is 21.8. The Morgan fingerprint density at radius 1 is 1.21 bits per heavy atom. The van der Waals surface area contributed by atoms with Crippen molar-refractivity contribution in [3.63, 3.8) is 0 Å². The third-order valence-corrected chi connectivity index (χ3v) is 5.48. The molecule has 2 amide bonds. The summed E-state index contributed by atoms with van der Waals surface area (Å²) in [5, 5.41) is 3.00. The third kappa shape index (κ3) is 5.30. The van der Waals surface area contributed by atoms with Gasteiger partial charge in [-0.05, 0) is 43.2 Å². The van der Waals surface area contributed by atoms with Crippen molar-refractivity contribution in [3.8, 4) is 0 Å². The molecule has 0 aliphatic carbocycles. The van der Waals surface area contributed by atoms with E-state index in [9.17, 15) is 14.4 Å². The van der Waals surface area contributed by atoms with Gasteiger partial charge in [0.25, 0.3) is 5.91 Å². The van der Waals surface area contributed by atoms with Crippen LogP contribution in [0.15, 0.2) is 34.8 Å². The summed E-state index contributed by atoms with van der Waals surface area (Å²) < 4.78 is 6.04. The van der Waals surface area contributed by atoms with Gasteiger partial charge in [0.15, 0.2) is 0 Å². The van der Waals surface area contributed by atoms with Crippen molar-refractivity contribution in [2.24, 2.45) is 0 Å². The minimum Gasteiger partial charge on any atom is -0.462 e. The zero-order valence-corrected chi connectivity index (χ0v) is 18.4. The summed E-state index contributed by atoms with van der Waals surface area (Å²) >= 11 is 4.42. The van der Waals surface area contributed by atoms with Crippen LogP contribution in [-0.2, 0) is 9.53 Å². The van der Waals surface area contributed by atoms with Crippen molar-refractivity contribution in [1.82, 2.24) is 4.90 Å². The molecule has 1 aromatic carbocycles. The molecule has 0 aliphatic heterocycles. The van der Waals surface area contributed by atoms with Crippen LogP contribution >= 0.6 is 27.3 Å². The maximum atomic E-state index is 12.4. The van der Waals surface area contributed by atoms with Gasteiger partial charge in [0.1, 0.15) is 5.00 Å². The second-order valence-electron chi connectivity index (χ2n) is 6.05. The molecule has 148 valence electrons. The van der Waals surface area contributed by atoms with Crippen LogP contribution in [0.1, 0.15) is 38.1 Å². The Kier molecular flexibility index (Phi) is 7.53. The quantitative estimate of drug-likeness (QED) is 0.509. The van der Waals surface area contributed by atoms with Gasteiger partial charge in [0, 0.05) is 24.6 Å². The molecule has 6 nitrogen and oxygen atoms in total. The van der Waals surface area contributed by atoms with Crippen LogP contribution in [0.3, 0.4) is 0 Å². The maximum absolute atomic E-state index is 12.4. The smallest absolute Gasteiger partial charge is 0.341 e. The summed E-state index contributed by atoms with van der Waals surface area (Å²) in [6.07, 6.45) is 3.04. The van der Waals surface area contributed by atoms with E-state index in [1.54, 1.807) is 34.0 Å². The van der Waals surface area contributed by atoms with Gasteiger partial charge in [-0.1, -0.05) is 28.1 Å². The maximum Gasteiger partial charge on any atom is 0.341 e. The average Bonchev–Trinajstić information content (AvgIpc) is 2.96. The summed E-state index contributed by atoms with van der Waals surface area (Å²) in [7, 11) is 3.26. The first-order valence-electron chi connectivity index (χ1n) is 8.51. The lowest BCUT2D eigenvalue weighted by atomic mass is 10.1. The Balaban J connectivity index is 2.30. The highest BCUT2D eigenvalue weighted by atomic mass is 79.9.